The van der Waals surface area contributed by atoms with E-state index >= 15 is 0 Å². The van der Waals surface area contributed by atoms with Crippen LogP contribution >= 0.6 is 0 Å². The van der Waals surface area contributed by atoms with Crippen LogP contribution in [0.1, 0.15) is 12.3 Å². The molecule has 0 unspecified atom stereocenters. The van der Waals surface area contributed by atoms with Crippen molar-refractivity contribution in [1.29, 1.82) is 0 Å². The Hall–Kier alpha value is -2.44. The summed E-state index contributed by atoms with van der Waals surface area (Å²) >= 11 is 0. The number of rotatable bonds is 5. The van der Waals surface area contributed by atoms with Crippen molar-refractivity contribution in [1.82, 2.24) is 20.4 Å². The van der Waals surface area contributed by atoms with Crippen molar-refractivity contribution in [3.63, 3.8) is 0 Å². The zero-order valence-corrected chi connectivity index (χ0v) is 10.5. The molecule has 0 bridgehead atoms. The van der Waals surface area contributed by atoms with Crippen molar-refractivity contribution in [2.24, 2.45) is 0 Å². The second kappa shape index (κ2) is 6.48. The van der Waals surface area contributed by atoms with E-state index in [4.69, 9.17) is 4.52 Å². The number of aromatic nitrogens is 3. The molecular formula is C12H14N4O3. The molecule has 0 aromatic carbocycles. The van der Waals surface area contributed by atoms with E-state index in [1.807, 2.05) is 18.2 Å². The molecule has 0 aliphatic heterocycles. The van der Waals surface area contributed by atoms with Crippen LogP contribution in [0.25, 0.3) is 11.5 Å². The lowest BCUT2D eigenvalue weighted by Crippen LogP contribution is -2.24. The number of carbonyl (C=O) groups excluding carboxylic acids is 1. The van der Waals surface area contributed by atoms with Crippen molar-refractivity contribution in [3.8, 4) is 11.5 Å². The maximum Gasteiger partial charge on any atom is 0.406 e. The first-order valence-electron chi connectivity index (χ1n) is 5.85. The topological polar surface area (TPSA) is 90.1 Å². The molecule has 1 amide bonds. The molecule has 2 heterocycles. The maximum atomic E-state index is 10.8. The molecule has 2 rings (SSSR count). The van der Waals surface area contributed by atoms with Crippen LogP contribution in [0.5, 0.6) is 0 Å². The van der Waals surface area contributed by atoms with Gasteiger partial charge in [0.2, 0.25) is 11.7 Å². The fraction of sp³-hybridized carbons (Fsp3) is 0.333. The molecule has 2 aromatic heterocycles. The molecule has 2 aromatic rings. The third-order valence-corrected chi connectivity index (χ3v) is 2.38. The summed E-state index contributed by atoms with van der Waals surface area (Å²) < 4.78 is 9.56. The van der Waals surface area contributed by atoms with E-state index < -0.39 is 6.09 Å². The Bertz CT molecular complexity index is 527. The summed E-state index contributed by atoms with van der Waals surface area (Å²) in [5, 5.41) is 6.43. The van der Waals surface area contributed by atoms with Gasteiger partial charge in [0.1, 0.15) is 5.69 Å². The van der Waals surface area contributed by atoms with Crippen LogP contribution in [0.2, 0.25) is 0 Å². The molecular weight excluding hydrogens is 248 g/mol. The van der Waals surface area contributed by atoms with Crippen LogP contribution in [0.3, 0.4) is 0 Å². The number of alkyl carbamates (subject to hydrolysis) is 1. The number of aryl methyl sites for hydroxylation is 1. The van der Waals surface area contributed by atoms with Crippen LogP contribution in [0.4, 0.5) is 4.79 Å². The third-order valence-electron chi connectivity index (χ3n) is 2.38. The van der Waals surface area contributed by atoms with Crippen molar-refractivity contribution >= 4 is 6.09 Å². The van der Waals surface area contributed by atoms with Crippen LogP contribution in [0, 0.1) is 0 Å². The minimum Gasteiger partial charge on any atom is -0.453 e. The minimum absolute atomic E-state index is 0.445. The highest BCUT2D eigenvalue weighted by Gasteiger charge is 2.09. The lowest BCUT2D eigenvalue weighted by molar-refractivity contribution is 0.171. The highest BCUT2D eigenvalue weighted by molar-refractivity contribution is 5.66. The summed E-state index contributed by atoms with van der Waals surface area (Å²) in [6, 6.07) is 5.50. The third kappa shape index (κ3) is 3.77. The number of methoxy groups -OCH3 is 1. The normalized spacial score (nSPS) is 10.2. The summed E-state index contributed by atoms with van der Waals surface area (Å²) in [6.45, 7) is 0.494. The Labute approximate surface area is 110 Å². The van der Waals surface area contributed by atoms with E-state index in [0.29, 0.717) is 36.8 Å². The molecule has 0 aliphatic carbocycles. The average molecular weight is 262 g/mol. The number of nitrogens with zero attached hydrogens (tertiary/aromatic N) is 3. The van der Waals surface area contributed by atoms with E-state index in [2.05, 4.69) is 25.2 Å². The van der Waals surface area contributed by atoms with Crippen LogP contribution in [-0.4, -0.2) is 34.9 Å². The Morgan fingerprint density at radius 1 is 1.47 bits per heavy atom. The molecule has 0 aliphatic rings. The van der Waals surface area contributed by atoms with Crippen LogP contribution in [0.15, 0.2) is 28.9 Å². The van der Waals surface area contributed by atoms with Crippen LogP contribution in [-0.2, 0) is 11.2 Å². The Morgan fingerprint density at radius 2 is 2.37 bits per heavy atom. The quantitative estimate of drug-likeness (QED) is 0.819. The molecule has 0 radical (unpaired) electrons. The molecule has 19 heavy (non-hydrogen) atoms. The second-order valence-corrected chi connectivity index (χ2v) is 3.75. The van der Waals surface area contributed by atoms with Gasteiger partial charge in [-0.1, -0.05) is 11.2 Å². The predicted octanol–water partition coefficient (Wildman–Crippen LogP) is 1.42. The predicted molar refractivity (Wildman–Crippen MR) is 66.3 cm³/mol. The molecule has 7 nitrogen and oxygen atoms in total. The van der Waals surface area contributed by atoms with Gasteiger partial charge >= 0.3 is 6.09 Å². The Balaban J connectivity index is 1.83. The second-order valence-electron chi connectivity index (χ2n) is 3.75. The van der Waals surface area contributed by atoms with Gasteiger partial charge < -0.3 is 14.6 Å². The number of carbonyl (C=O) groups is 1. The molecule has 0 spiro atoms. The molecule has 0 fully saturated rings. The molecule has 100 valence electrons. The lowest BCUT2D eigenvalue weighted by atomic mass is 10.3. The first kappa shape index (κ1) is 13.0. The maximum absolute atomic E-state index is 10.8. The molecule has 0 saturated carbocycles. The Morgan fingerprint density at radius 3 is 3.11 bits per heavy atom. The van der Waals surface area contributed by atoms with Gasteiger partial charge in [0.25, 0.3) is 0 Å². The van der Waals surface area contributed by atoms with E-state index in [1.54, 1.807) is 6.20 Å². The van der Waals surface area contributed by atoms with Crippen molar-refractivity contribution in [2.75, 3.05) is 13.7 Å². The van der Waals surface area contributed by atoms with Crippen molar-refractivity contribution in [2.45, 2.75) is 12.8 Å². The standard InChI is InChI=1S/C12H14N4O3/c1-18-12(17)14-8-4-6-10-15-11(16-19-10)9-5-2-3-7-13-9/h2-3,5,7H,4,6,8H2,1H3,(H,14,17). The molecule has 0 saturated heterocycles. The SMILES string of the molecule is COC(=O)NCCCc1nc(-c2ccccn2)no1. The van der Waals surface area contributed by atoms with Gasteiger partial charge in [-0.25, -0.2) is 4.79 Å². The largest absolute Gasteiger partial charge is 0.453 e. The summed E-state index contributed by atoms with van der Waals surface area (Å²) in [7, 11) is 1.33. The highest BCUT2D eigenvalue weighted by atomic mass is 16.5. The Kier molecular flexibility index (Phi) is 4.44. The highest BCUT2D eigenvalue weighted by Crippen LogP contribution is 2.12. The monoisotopic (exact) mass is 262 g/mol. The van der Waals surface area contributed by atoms with E-state index in [0.717, 1.165) is 0 Å². The van der Waals surface area contributed by atoms with Gasteiger partial charge in [-0.05, 0) is 18.6 Å². The van der Waals surface area contributed by atoms with Gasteiger partial charge in [-0.3, -0.25) is 4.98 Å². The van der Waals surface area contributed by atoms with Gasteiger partial charge in [0, 0.05) is 19.2 Å². The zero-order chi connectivity index (χ0) is 13.5. The number of pyridine rings is 1. The van der Waals surface area contributed by atoms with E-state index in [1.165, 1.54) is 7.11 Å². The van der Waals surface area contributed by atoms with E-state index in [9.17, 15) is 4.79 Å². The van der Waals surface area contributed by atoms with Gasteiger partial charge in [0.15, 0.2) is 0 Å². The first-order chi connectivity index (χ1) is 9.29. The fourth-order valence-corrected chi connectivity index (χ4v) is 1.46. The summed E-state index contributed by atoms with van der Waals surface area (Å²) in [5.41, 5.74) is 0.671. The number of hydrogen-bond donors (Lipinski definition) is 1. The van der Waals surface area contributed by atoms with Crippen molar-refractivity contribution < 1.29 is 14.1 Å². The smallest absolute Gasteiger partial charge is 0.406 e. The molecule has 0 atom stereocenters. The van der Waals surface area contributed by atoms with E-state index in [-0.39, 0.29) is 0 Å². The van der Waals surface area contributed by atoms with Crippen LogP contribution < -0.4 is 5.32 Å². The number of ether oxygens (including phenoxy) is 1. The first-order valence-corrected chi connectivity index (χ1v) is 5.85. The number of nitrogens with one attached hydrogen (secondary N) is 1. The van der Waals surface area contributed by atoms with Gasteiger partial charge in [-0.15, -0.1) is 0 Å². The van der Waals surface area contributed by atoms with Crippen molar-refractivity contribution in [3.05, 3.63) is 30.3 Å². The zero-order valence-electron chi connectivity index (χ0n) is 10.5. The summed E-state index contributed by atoms with van der Waals surface area (Å²) in [6.07, 6.45) is 2.51. The fourth-order valence-electron chi connectivity index (χ4n) is 1.46. The van der Waals surface area contributed by atoms with Gasteiger partial charge in [-0.2, -0.15) is 4.98 Å². The lowest BCUT2D eigenvalue weighted by Gasteiger charge is -2.00. The number of amides is 1. The summed E-state index contributed by atoms with van der Waals surface area (Å²) in [5.74, 6) is 0.990. The van der Waals surface area contributed by atoms with Gasteiger partial charge in [0.05, 0.1) is 7.11 Å². The molecule has 7 heteroatoms. The average Bonchev–Trinajstić information content (AvgIpc) is 2.93. The minimum atomic E-state index is -0.445. The summed E-state index contributed by atoms with van der Waals surface area (Å²) in [4.78, 5) is 19.2. The number of hydrogen-bond acceptors (Lipinski definition) is 6. The molecule has 1 N–H and O–H groups in total.